The van der Waals surface area contributed by atoms with E-state index in [4.69, 9.17) is 9.52 Å². The molecular formula is C10H16O2S. The van der Waals surface area contributed by atoms with E-state index in [1.54, 1.807) is 11.8 Å². The van der Waals surface area contributed by atoms with E-state index in [1.807, 2.05) is 19.1 Å². The van der Waals surface area contributed by atoms with Gasteiger partial charge in [0.15, 0.2) is 0 Å². The first-order chi connectivity index (χ1) is 6.26. The lowest BCUT2D eigenvalue weighted by Crippen LogP contribution is -2.01. The van der Waals surface area contributed by atoms with Gasteiger partial charge in [-0.15, -0.1) is 11.8 Å². The van der Waals surface area contributed by atoms with Gasteiger partial charge in [-0.2, -0.15) is 0 Å². The Kier molecular flexibility index (Phi) is 4.39. The molecule has 3 heteroatoms. The molecule has 1 heterocycles. The Balaban J connectivity index is 2.36. The molecule has 1 rings (SSSR count). The van der Waals surface area contributed by atoms with Gasteiger partial charge in [0.25, 0.3) is 0 Å². The normalized spacial score (nSPS) is 13.2. The summed E-state index contributed by atoms with van der Waals surface area (Å²) in [5.41, 5.74) is 0. The molecule has 1 unspecified atom stereocenters. The molecule has 0 aliphatic rings. The molecule has 2 nitrogen and oxygen atoms in total. The molecule has 74 valence electrons. The topological polar surface area (TPSA) is 33.4 Å². The molecule has 0 fully saturated rings. The van der Waals surface area contributed by atoms with Crippen LogP contribution in [0.25, 0.3) is 0 Å². The van der Waals surface area contributed by atoms with Gasteiger partial charge in [0.1, 0.15) is 11.5 Å². The van der Waals surface area contributed by atoms with E-state index in [1.165, 1.54) is 0 Å². The molecule has 13 heavy (non-hydrogen) atoms. The Hall–Kier alpha value is -0.410. The Morgan fingerprint density at radius 2 is 2.15 bits per heavy atom. The van der Waals surface area contributed by atoms with Crippen molar-refractivity contribution in [1.82, 2.24) is 0 Å². The Labute approximate surface area is 83.3 Å². The second-order valence-corrected chi connectivity index (χ2v) is 4.45. The zero-order chi connectivity index (χ0) is 9.68. The summed E-state index contributed by atoms with van der Waals surface area (Å²) >= 11 is 1.71. The number of furan rings is 1. The molecule has 1 aromatic rings. The van der Waals surface area contributed by atoms with Crippen LogP contribution in [0.5, 0.6) is 0 Å². The third-order valence-electron chi connectivity index (χ3n) is 1.83. The van der Waals surface area contributed by atoms with E-state index in [9.17, 15) is 0 Å². The van der Waals surface area contributed by atoms with Crippen LogP contribution in [0, 0.1) is 0 Å². The third-order valence-corrected chi connectivity index (χ3v) is 3.00. The van der Waals surface area contributed by atoms with Gasteiger partial charge in [0.05, 0.1) is 12.4 Å². The number of hydrogen-bond acceptors (Lipinski definition) is 3. The smallest absolute Gasteiger partial charge is 0.114 e. The van der Waals surface area contributed by atoms with Gasteiger partial charge in [-0.3, -0.25) is 0 Å². The molecule has 0 bridgehead atoms. The fraction of sp³-hybridized carbons (Fsp3) is 0.600. The maximum absolute atomic E-state index is 8.81. The summed E-state index contributed by atoms with van der Waals surface area (Å²) in [4.78, 5) is 0. The van der Waals surface area contributed by atoms with E-state index in [-0.39, 0.29) is 11.9 Å². The molecule has 1 aromatic heterocycles. The highest BCUT2D eigenvalue weighted by Gasteiger charge is 2.04. The first kappa shape index (κ1) is 10.7. The zero-order valence-electron chi connectivity index (χ0n) is 8.12. The van der Waals surface area contributed by atoms with Crippen molar-refractivity contribution in [3.63, 3.8) is 0 Å². The molecule has 0 saturated heterocycles. The standard InChI is InChI=1S/C10H16O2S/c1-3-9-4-5-10(12-9)7-13-8(2)6-11/h4-5,8,11H,3,6-7H2,1-2H3. The van der Waals surface area contributed by atoms with Gasteiger partial charge in [-0.1, -0.05) is 13.8 Å². The summed E-state index contributed by atoms with van der Waals surface area (Å²) in [6, 6.07) is 4.02. The molecule has 1 N–H and O–H groups in total. The van der Waals surface area contributed by atoms with Crippen LogP contribution < -0.4 is 0 Å². The second-order valence-electron chi connectivity index (χ2n) is 3.03. The minimum atomic E-state index is 0.228. The average Bonchev–Trinajstić information content (AvgIpc) is 2.61. The fourth-order valence-electron chi connectivity index (χ4n) is 0.967. The molecule has 0 radical (unpaired) electrons. The van der Waals surface area contributed by atoms with Crippen LogP contribution in [0.4, 0.5) is 0 Å². The van der Waals surface area contributed by atoms with Crippen LogP contribution >= 0.6 is 11.8 Å². The predicted octanol–water partition coefficient (Wildman–Crippen LogP) is 2.46. The van der Waals surface area contributed by atoms with Crippen LogP contribution in [0.2, 0.25) is 0 Å². The number of aliphatic hydroxyl groups is 1. The average molecular weight is 200 g/mol. The van der Waals surface area contributed by atoms with Crippen LogP contribution in [0.1, 0.15) is 25.4 Å². The quantitative estimate of drug-likeness (QED) is 0.792. The van der Waals surface area contributed by atoms with E-state index >= 15 is 0 Å². The van der Waals surface area contributed by atoms with Gasteiger partial charge in [-0.25, -0.2) is 0 Å². The molecule has 0 amide bonds. The van der Waals surface area contributed by atoms with Gasteiger partial charge >= 0.3 is 0 Å². The summed E-state index contributed by atoms with van der Waals surface area (Å²) in [6.07, 6.45) is 0.945. The van der Waals surface area contributed by atoms with E-state index < -0.39 is 0 Å². The van der Waals surface area contributed by atoms with Crippen molar-refractivity contribution < 1.29 is 9.52 Å². The van der Waals surface area contributed by atoms with E-state index in [0.717, 1.165) is 23.7 Å². The van der Waals surface area contributed by atoms with Gasteiger partial charge in [0.2, 0.25) is 0 Å². The highest BCUT2D eigenvalue weighted by atomic mass is 32.2. The third kappa shape index (κ3) is 3.44. The first-order valence-electron chi connectivity index (χ1n) is 4.56. The van der Waals surface area contributed by atoms with E-state index in [2.05, 4.69) is 6.92 Å². The minimum Gasteiger partial charge on any atom is -0.465 e. The minimum absolute atomic E-state index is 0.228. The summed E-state index contributed by atoms with van der Waals surface area (Å²) in [7, 11) is 0. The summed E-state index contributed by atoms with van der Waals surface area (Å²) in [6.45, 7) is 4.31. The molecular weight excluding hydrogens is 184 g/mol. The van der Waals surface area contributed by atoms with Crippen molar-refractivity contribution in [2.45, 2.75) is 31.3 Å². The van der Waals surface area contributed by atoms with Crippen LogP contribution in [-0.4, -0.2) is 17.0 Å². The molecule has 0 aromatic carbocycles. The maximum atomic E-state index is 8.81. The number of thioether (sulfide) groups is 1. The predicted molar refractivity (Wildman–Crippen MR) is 55.9 cm³/mol. The highest BCUT2D eigenvalue weighted by Crippen LogP contribution is 2.19. The SMILES string of the molecule is CCc1ccc(CSC(C)CO)o1. The Morgan fingerprint density at radius 1 is 1.46 bits per heavy atom. The Morgan fingerprint density at radius 3 is 2.69 bits per heavy atom. The number of aliphatic hydroxyl groups excluding tert-OH is 1. The molecule has 0 saturated carbocycles. The monoisotopic (exact) mass is 200 g/mol. The summed E-state index contributed by atoms with van der Waals surface area (Å²) in [5.74, 6) is 2.89. The largest absolute Gasteiger partial charge is 0.465 e. The van der Waals surface area contributed by atoms with Gasteiger partial charge in [-0.05, 0) is 12.1 Å². The first-order valence-corrected chi connectivity index (χ1v) is 5.61. The number of aryl methyl sites for hydroxylation is 1. The fourth-order valence-corrected chi connectivity index (χ4v) is 1.68. The van der Waals surface area contributed by atoms with Crippen LogP contribution in [0.15, 0.2) is 16.5 Å². The van der Waals surface area contributed by atoms with E-state index in [0.29, 0.717) is 0 Å². The van der Waals surface area contributed by atoms with Gasteiger partial charge < -0.3 is 9.52 Å². The van der Waals surface area contributed by atoms with Crippen molar-refractivity contribution in [3.8, 4) is 0 Å². The number of hydrogen-bond donors (Lipinski definition) is 1. The Bertz CT molecular complexity index is 245. The molecule has 0 aliphatic carbocycles. The van der Waals surface area contributed by atoms with Crippen molar-refractivity contribution in [2.75, 3.05) is 6.61 Å². The molecule has 0 spiro atoms. The number of rotatable bonds is 5. The van der Waals surface area contributed by atoms with Crippen molar-refractivity contribution in [1.29, 1.82) is 0 Å². The molecule has 0 aliphatic heterocycles. The highest BCUT2D eigenvalue weighted by molar-refractivity contribution is 7.99. The zero-order valence-corrected chi connectivity index (χ0v) is 8.93. The molecule has 1 atom stereocenters. The van der Waals surface area contributed by atoms with Crippen LogP contribution in [-0.2, 0) is 12.2 Å². The van der Waals surface area contributed by atoms with Crippen LogP contribution in [0.3, 0.4) is 0 Å². The van der Waals surface area contributed by atoms with Gasteiger partial charge in [0, 0.05) is 11.7 Å². The lowest BCUT2D eigenvalue weighted by molar-refractivity contribution is 0.300. The lowest BCUT2D eigenvalue weighted by atomic mass is 10.4. The van der Waals surface area contributed by atoms with Crippen molar-refractivity contribution >= 4 is 11.8 Å². The van der Waals surface area contributed by atoms with Crippen molar-refractivity contribution in [2.24, 2.45) is 0 Å². The summed E-state index contributed by atoms with van der Waals surface area (Å²) < 4.78 is 5.53. The maximum Gasteiger partial charge on any atom is 0.114 e. The second kappa shape index (κ2) is 5.35. The summed E-state index contributed by atoms with van der Waals surface area (Å²) in [5, 5.41) is 9.10. The lowest BCUT2D eigenvalue weighted by Gasteiger charge is -2.04. The van der Waals surface area contributed by atoms with Crippen molar-refractivity contribution in [3.05, 3.63) is 23.7 Å².